The third-order valence-electron chi connectivity index (χ3n) is 4.30. The SMILES string of the molecule is COc1ccc(N2C[C@@H]3CC[C@H]2CC3=C(F)F)cc1. The third kappa shape index (κ3) is 2.20. The summed E-state index contributed by atoms with van der Waals surface area (Å²) in [5.74, 6) is 0.846. The van der Waals surface area contributed by atoms with E-state index in [4.69, 9.17) is 4.74 Å². The first-order chi connectivity index (χ1) is 9.19. The van der Waals surface area contributed by atoms with Crippen molar-refractivity contribution in [1.29, 1.82) is 0 Å². The van der Waals surface area contributed by atoms with Gasteiger partial charge in [-0.2, -0.15) is 8.78 Å². The first-order valence-electron chi connectivity index (χ1n) is 6.63. The minimum Gasteiger partial charge on any atom is -0.497 e. The Bertz CT molecular complexity index is 493. The Labute approximate surface area is 111 Å². The molecule has 4 rings (SSSR count). The Morgan fingerprint density at radius 2 is 1.95 bits per heavy atom. The first kappa shape index (κ1) is 12.5. The molecular formula is C15H17F2NO. The zero-order valence-electron chi connectivity index (χ0n) is 10.9. The van der Waals surface area contributed by atoms with Crippen molar-refractivity contribution in [3.05, 3.63) is 35.9 Å². The number of ether oxygens (including phenoxy) is 1. The molecule has 3 aliphatic rings. The van der Waals surface area contributed by atoms with Gasteiger partial charge >= 0.3 is 0 Å². The van der Waals surface area contributed by atoms with Gasteiger partial charge in [-0.05, 0) is 43.5 Å². The molecule has 2 saturated heterocycles. The minimum absolute atomic E-state index is 0.0251. The Balaban J connectivity index is 1.83. The fourth-order valence-electron chi connectivity index (χ4n) is 3.27. The Morgan fingerprint density at radius 3 is 2.47 bits per heavy atom. The molecule has 4 heteroatoms. The molecule has 0 aromatic heterocycles. The van der Waals surface area contributed by atoms with Crippen molar-refractivity contribution >= 4 is 5.69 Å². The molecule has 2 atom stereocenters. The average Bonchev–Trinajstić information content (AvgIpc) is 2.47. The fraction of sp³-hybridized carbons (Fsp3) is 0.467. The number of hydrogen-bond acceptors (Lipinski definition) is 2. The van der Waals surface area contributed by atoms with Crippen molar-refractivity contribution in [2.75, 3.05) is 18.6 Å². The van der Waals surface area contributed by atoms with E-state index in [1.807, 2.05) is 24.3 Å². The second kappa shape index (κ2) is 4.83. The van der Waals surface area contributed by atoms with E-state index in [9.17, 15) is 8.78 Å². The van der Waals surface area contributed by atoms with Gasteiger partial charge in [0.2, 0.25) is 0 Å². The normalized spacial score (nSPS) is 25.6. The number of methoxy groups -OCH3 is 1. The van der Waals surface area contributed by atoms with Crippen LogP contribution in [0.25, 0.3) is 0 Å². The van der Waals surface area contributed by atoms with Crippen LogP contribution in [0, 0.1) is 5.92 Å². The molecular weight excluding hydrogens is 248 g/mol. The molecule has 2 nitrogen and oxygen atoms in total. The molecule has 1 aromatic rings. The molecule has 1 aromatic carbocycles. The van der Waals surface area contributed by atoms with E-state index >= 15 is 0 Å². The molecule has 1 aliphatic carbocycles. The maximum atomic E-state index is 12.9. The summed E-state index contributed by atoms with van der Waals surface area (Å²) in [4.78, 5) is 2.26. The van der Waals surface area contributed by atoms with Gasteiger partial charge in [-0.25, -0.2) is 0 Å². The molecule has 19 heavy (non-hydrogen) atoms. The highest BCUT2D eigenvalue weighted by molar-refractivity contribution is 5.52. The van der Waals surface area contributed by atoms with Crippen molar-refractivity contribution in [2.45, 2.75) is 25.3 Å². The second-order valence-electron chi connectivity index (χ2n) is 5.27. The van der Waals surface area contributed by atoms with Gasteiger partial charge in [0.1, 0.15) is 5.75 Å². The van der Waals surface area contributed by atoms with E-state index in [2.05, 4.69) is 4.90 Å². The summed E-state index contributed by atoms with van der Waals surface area (Å²) in [6.07, 6.45) is 0.959. The fourth-order valence-corrected chi connectivity index (χ4v) is 3.27. The van der Waals surface area contributed by atoms with Crippen LogP contribution in [-0.2, 0) is 0 Å². The van der Waals surface area contributed by atoms with Gasteiger partial charge in [0.25, 0.3) is 6.08 Å². The summed E-state index contributed by atoms with van der Waals surface area (Å²) in [5, 5.41) is 0. The molecule has 3 fully saturated rings. The largest absolute Gasteiger partial charge is 0.497 e. The first-order valence-corrected chi connectivity index (χ1v) is 6.63. The smallest absolute Gasteiger partial charge is 0.269 e. The van der Waals surface area contributed by atoms with Crippen molar-refractivity contribution < 1.29 is 13.5 Å². The summed E-state index contributed by atoms with van der Waals surface area (Å²) in [7, 11) is 1.64. The van der Waals surface area contributed by atoms with Gasteiger partial charge in [-0.3, -0.25) is 0 Å². The van der Waals surface area contributed by atoms with Crippen LogP contribution in [-0.4, -0.2) is 19.7 Å². The van der Waals surface area contributed by atoms with Crippen LogP contribution in [0.1, 0.15) is 19.3 Å². The Kier molecular flexibility index (Phi) is 3.17. The summed E-state index contributed by atoms with van der Waals surface area (Å²) < 4.78 is 30.8. The molecule has 102 valence electrons. The highest BCUT2D eigenvalue weighted by Crippen LogP contribution is 2.42. The van der Waals surface area contributed by atoms with Crippen molar-refractivity contribution in [2.24, 2.45) is 5.92 Å². The molecule has 0 amide bonds. The van der Waals surface area contributed by atoms with Crippen LogP contribution in [0.5, 0.6) is 5.75 Å². The van der Waals surface area contributed by atoms with Crippen LogP contribution < -0.4 is 9.64 Å². The lowest BCUT2D eigenvalue weighted by Gasteiger charge is -2.47. The van der Waals surface area contributed by atoms with Crippen LogP contribution in [0.3, 0.4) is 0 Å². The molecule has 1 saturated carbocycles. The van der Waals surface area contributed by atoms with Gasteiger partial charge in [0.15, 0.2) is 0 Å². The molecule has 0 radical (unpaired) electrons. The molecule has 0 unspecified atom stereocenters. The maximum absolute atomic E-state index is 12.9. The quantitative estimate of drug-likeness (QED) is 0.805. The summed E-state index contributed by atoms with van der Waals surface area (Å²) >= 11 is 0. The van der Waals surface area contributed by atoms with E-state index < -0.39 is 6.08 Å². The highest BCUT2D eigenvalue weighted by Gasteiger charge is 2.39. The summed E-state index contributed by atoms with van der Waals surface area (Å²) in [5.41, 5.74) is 1.50. The number of fused-ring (bicyclic) bond motifs is 3. The summed E-state index contributed by atoms with van der Waals surface area (Å²) in [6, 6.07) is 8.08. The number of piperidine rings is 2. The molecule has 2 aliphatic heterocycles. The molecule has 0 spiro atoms. The van der Waals surface area contributed by atoms with E-state index in [0.29, 0.717) is 18.5 Å². The van der Waals surface area contributed by atoms with Crippen LogP contribution in [0.4, 0.5) is 14.5 Å². The van der Waals surface area contributed by atoms with Gasteiger partial charge in [0.05, 0.1) is 7.11 Å². The van der Waals surface area contributed by atoms with Crippen molar-refractivity contribution in [3.8, 4) is 5.75 Å². The maximum Gasteiger partial charge on any atom is 0.269 e. The number of rotatable bonds is 2. The Morgan fingerprint density at radius 1 is 1.21 bits per heavy atom. The predicted molar refractivity (Wildman–Crippen MR) is 70.7 cm³/mol. The highest BCUT2D eigenvalue weighted by atomic mass is 19.3. The zero-order chi connectivity index (χ0) is 13.4. The molecule has 0 N–H and O–H groups in total. The van der Waals surface area contributed by atoms with Gasteiger partial charge in [0, 0.05) is 29.8 Å². The zero-order valence-corrected chi connectivity index (χ0v) is 10.9. The van der Waals surface area contributed by atoms with Gasteiger partial charge in [-0.1, -0.05) is 0 Å². The van der Waals surface area contributed by atoms with Gasteiger partial charge in [-0.15, -0.1) is 0 Å². The van der Waals surface area contributed by atoms with Crippen molar-refractivity contribution in [3.63, 3.8) is 0 Å². The number of benzene rings is 1. The average molecular weight is 265 g/mol. The van der Waals surface area contributed by atoms with E-state index in [1.165, 1.54) is 0 Å². The van der Waals surface area contributed by atoms with E-state index in [-0.39, 0.29) is 12.0 Å². The summed E-state index contributed by atoms with van der Waals surface area (Å²) in [6.45, 7) is 0.712. The monoisotopic (exact) mass is 265 g/mol. The van der Waals surface area contributed by atoms with Crippen LogP contribution in [0.15, 0.2) is 35.9 Å². The molecule has 2 bridgehead atoms. The minimum atomic E-state index is -1.45. The lowest BCUT2D eigenvalue weighted by atomic mass is 9.76. The Hall–Kier alpha value is -1.58. The number of anilines is 1. The topological polar surface area (TPSA) is 12.5 Å². The number of halogens is 2. The number of hydrogen-bond donors (Lipinski definition) is 0. The van der Waals surface area contributed by atoms with Crippen LogP contribution in [0.2, 0.25) is 0 Å². The lowest BCUT2D eigenvalue weighted by Crippen LogP contribution is -2.49. The number of nitrogens with zero attached hydrogens (tertiary/aromatic N) is 1. The predicted octanol–water partition coefficient (Wildman–Crippen LogP) is 3.83. The van der Waals surface area contributed by atoms with Crippen molar-refractivity contribution in [1.82, 2.24) is 0 Å². The van der Waals surface area contributed by atoms with E-state index in [1.54, 1.807) is 7.11 Å². The standard InChI is InChI=1S/C15H17F2NO/c1-19-13-6-4-11(5-7-13)18-9-10-2-3-12(18)8-14(10)15(16)17/h4-7,10,12H,2-3,8-9H2,1H3/t10-,12-/m0/s1. The second-order valence-corrected chi connectivity index (χ2v) is 5.27. The third-order valence-corrected chi connectivity index (χ3v) is 4.30. The lowest BCUT2D eigenvalue weighted by molar-refractivity contribution is 0.290. The molecule has 2 heterocycles. The van der Waals surface area contributed by atoms with Gasteiger partial charge < -0.3 is 9.64 Å². The van der Waals surface area contributed by atoms with Crippen LogP contribution >= 0.6 is 0 Å². The van der Waals surface area contributed by atoms with E-state index in [0.717, 1.165) is 24.3 Å².